The molecule has 1 fully saturated rings. The second-order valence-electron chi connectivity index (χ2n) is 7.59. The van der Waals surface area contributed by atoms with Crippen LogP contribution in [-0.2, 0) is 7.05 Å². The first kappa shape index (κ1) is 20.7. The molecule has 1 aromatic carbocycles. The van der Waals surface area contributed by atoms with E-state index in [1.807, 2.05) is 26.1 Å². The molecule has 2 N–H and O–H groups in total. The van der Waals surface area contributed by atoms with Crippen molar-refractivity contribution >= 4 is 21.8 Å². The average Bonchev–Trinajstić information content (AvgIpc) is 3.06. The number of nitrogens with one attached hydrogen (secondary N) is 2. The number of aromatic nitrogens is 3. The molecule has 8 heteroatoms. The van der Waals surface area contributed by atoms with Gasteiger partial charge in [-0.2, -0.15) is 5.10 Å². The van der Waals surface area contributed by atoms with E-state index in [0.717, 1.165) is 39.8 Å². The summed E-state index contributed by atoms with van der Waals surface area (Å²) in [5, 5.41) is 10.7. The van der Waals surface area contributed by atoms with Crippen LogP contribution in [0.5, 0.6) is 0 Å². The van der Waals surface area contributed by atoms with Crippen molar-refractivity contribution < 1.29 is 9.18 Å². The Hall–Kier alpha value is -2.58. The molecule has 2 atom stereocenters. The average molecular weight is 472 g/mol. The first-order valence-electron chi connectivity index (χ1n) is 9.85. The Kier molecular flexibility index (Phi) is 5.97. The Morgan fingerprint density at radius 3 is 2.87 bits per heavy atom. The zero-order chi connectivity index (χ0) is 21.3. The summed E-state index contributed by atoms with van der Waals surface area (Å²) < 4.78 is 16.3. The number of halogens is 2. The van der Waals surface area contributed by atoms with Crippen molar-refractivity contribution in [3.63, 3.8) is 0 Å². The van der Waals surface area contributed by atoms with Gasteiger partial charge >= 0.3 is 0 Å². The van der Waals surface area contributed by atoms with E-state index in [2.05, 4.69) is 36.6 Å². The molecule has 3 heterocycles. The number of rotatable bonds is 4. The van der Waals surface area contributed by atoms with Crippen LogP contribution in [0, 0.1) is 12.7 Å². The number of pyridine rings is 1. The maximum absolute atomic E-state index is 13.7. The monoisotopic (exact) mass is 471 g/mol. The van der Waals surface area contributed by atoms with Crippen LogP contribution in [0.4, 0.5) is 4.39 Å². The van der Waals surface area contributed by atoms with Crippen LogP contribution in [-0.4, -0.2) is 39.8 Å². The molecule has 156 valence electrons. The molecule has 3 aromatic rings. The van der Waals surface area contributed by atoms with Gasteiger partial charge in [-0.3, -0.25) is 14.5 Å². The van der Waals surface area contributed by atoms with Gasteiger partial charge in [-0.25, -0.2) is 4.39 Å². The standard InChI is InChI=1S/C22H23BrFN5O/c1-13-8-15(21-18(23)11-27-29(21)2)10-26-20(13)22(30)28-19-12-25-7-6-17(19)14-4-3-5-16(24)9-14/h3-5,8-11,17,19,25H,6-7,12H2,1-2H3,(H,28,30)/t17-,19+/m0/s1. The Bertz CT molecular complexity index is 1060. The van der Waals surface area contributed by atoms with Gasteiger partial charge in [-0.15, -0.1) is 0 Å². The Labute approximate surface area is 183 Å². The molecule has 0 saturated carbocycles. The van der Waals surface area contributed by atoms with Crippen molar-refractivity contribution in [2.24, 2.45) is 7.05 Å². The molecule has 0 aliphatic carbocycles. The summed E-state index contributed by atoms with van der Waals surface area (Å²) in [6, 6.07) is 8.43. The molecular weight excluding hydrogens is 449 g/mol. The van der Waals surface area contributed by atoms with Gasteiger partial charge in [0, 0.05) is 37.3 Å². The quantitative estimate of drug-likeness (QED) is 0.609. The predicted octanol–water partition coefficient (Wildman–Crippen LogP) is 3.57. The number of carbonyl (C=O) groups excluding carboxylic acids is 1. The van der Waals surface area contributed by atoms with E-state index in [4.69, 9.17) is 0 Å². The smallest absolute Gasteiger partial charge is 0.270 e. The topological polar surface area (TPSA) is 71.8 Å². The number of hydrogen-bond acceptors (Lipinski definition) is 4. The Morgan fingerprint density at radius 1 is 1.33 bits per heavy atom. The zero-order valence-corrected chi connectivity index (χ0v) is 18.4. The normalized spacial score (nSPS) is 18.9. The fourth-order valence-corrected chi connectivity index (χ4v) is 4.64. The van der Waals surface area contributed by atoms with Gasteiger partial charge in [0.25, 0.3) is 5.91 Å². The molecule has 0 spiro atoms. The van der Waals surface area contributed by atoms with Crippen LogP contribution in [0.3, 0.4) is 0 Å². The van der Waals surface area contributed by atoms with Crippen LogP contribution < -0.4 is 10.6 Å². The highest BCUT2D eigenvalue weighted by Gasteiger charge is 2.29. The van der Waals surface area contributed by atoms with E-state index in [0.29, 0.717) is 12.2 Å². The lowest BCUT2D eigenvalue weighted by molar-refractivity contribution is 0.0918. The molecule has 4 rings (SSSR count). The van der Waals surface area contributed by atoms with Gasteiger partial charge in [0.05, 0.1) is 16.4 Å². The SMILES string of the molecule is Cc1cc(-c2c(Br)cnn2C)cnc1C(=O)N[C@@H]1CNCC[C@H]1c1cccc(F)c1. The van der Waals surface area contributed by atoms with E-state index in [1.165, 1.54) is 6.07 Å². The number of benzene rings is 1. The molecule has 6 nitrogen and oxygen atoms in total. The van der Waals surface area contributed by atoms with Crippen molar-refractivity contribution in [1.82, 2.24) is 25.4 Å². The summed E-state index contributed by atoms with van der Waals surface area (Å²) in [4.78, 5) is 17.4. The molecule has 1 aliphatic heterocycles. The molecule has 1 saturated heterocycles. The first-order valence-corrected chi connectivity index (χ1v) is 10.6. The Balaban J connectivity index is 1.55. The van der Waals surface area contributed by atoms with E-state index in [-0.39, 0.29) is 23.7 Å². The summed E-state index contributed by atoms with van der Waals surface area (Å²) >= 11 is 3.50. The van der Waals surface area contributed by atoms with Crippen LogP contribution >= 0.6 is 15.9 Å². The molecule has 0 radical (unpaired) electrons. The van der Waals surface area contributed by atoms with Gasteiger partial charge < -0.3 is 10.6 Å². The number of amides is 1. The molecular formula is C22H23BrFN5O. The van der Waals surface area contributed by atoms with Crippen LogP contribution in [0.25, 0.3) is 11.3 Å². The number of hydrogen-bond donors (Lipinski definition) is 2. The molecule has 30 heavy (non-hydrogen) atoms. The van der Waals surface area contributed by atoms with E-state index < -0.39 is 0 Å². The second kappa shape index (κ2) is 8.65. The molecule has 0 bridgehead atoms. The van der Waals surface area contributed by atoms with Gasteiger partial charge in [0.2, 0.25) is 0 Å². The van der Waals surface area contributed by atoms with Crippen LogP contribution in [0.1, 0.15) is 34.0 Å². The van der Waals surface area contributed by atoms with Gasteiger partial charge in [0.1, 0.15) is 11.5 Å². The minimum absolute atomic E-state index is 0.0517. The maximum Gasteiger partial charge on any atom is 0.270 e. The van der Waals surface area contributed by atoms with Gasteiger partial charge in [-0.1, -0.05) is 12.1 Å². The molecule has 1 aliphatic rings. The highest BCUT2D eigenvalue weighted by molar-refractivity contribution is 9.10. The summed E-state index contributed by atoms with van der Waals surface area (Å²) in [5.74, 6) is -0.431. The minimum Gasteiger partial charge on any atom is -0.346 e. The zero-order valence-electron chi connectivity index (χ0n) is 16.8. The van der Waals surface area contributed by atoms with E-state index in [1.54, 1.807) is 29.2 Å². The summed E-state index contributed by atoms with van der Waals surface area (Å²) in [5.41, 5.74) is 3.86. The van der Waals surface area contributed by atoms with Gasteiger partial charge in [-0.05, 0) is 65.1 Å². The fourth-order valence-electron chi connectivity index (χ4n) is 4.06. The summed E-state index contributed by atoms with van der Waals surface area (Å²) in [6.45, 7) is 3.34. The summed E-state index contributed by atoms with van der Waals surface area (Å²) in [6.07, 6.45) is 4.25. The van der Waals surface area contributed by atoms with Crippen molar-refractivity contribution in [3.05, 3.63) is 69.8 Å². The Morgan fingerprint density at radius 2 is 2.17 bits per heavy atom. The lowest BCUT2D eigenvalue weighted by atomic mass is 9.86. The molecule has 1 amide bonds. The lowest BCUT2D eigenvalue weighted by Gasteiger charge is -2.33. The van der Waals surface area contributed by atoms with E-state index in [9.17, 15) is 9.18 Å². The third-order valence-corrected chi connectivity index (χ3v) is 6.12. The third kappa shape index (κ3) is 4.15. The highest BCUT2D eigenvalue weighted by Crippen LogP contribution is 2.29. The van der Waals surface area contributed by atoms with Crippen molar-refractivity contribution in [3.8, 4) is 11.3 Å². The third-order valence-electron chi connectivity index (χ3n) is 5.54. The number of aryl methyl sites for hydroxylation is 2. The second-order valence-corrected chi connectivity index (χ2v) is 8.44. The van der Waals surface area contributed by atoms with Gasteiger partial charge in [0.15, 0.2) is 0 Å². The minimum atomic E-state index is -0.259. The maximum atomic E-state index is 13.7. The lowest BCUT2D eigenvalue weighted by Crippen LogP contribution is -2.50. The molecule has 2 aromatic heterocycles. The highest BCUT2D eigenvalue weighted by atomic mass is 79.9. The number of nitrogens with zero attached hydrogens (tertiary/aromatic N) is 3. The first-order chi connectivity index (χ1) is 14.4. The fraction of sp³-hybridized carbons (Fsp3) is 0.318. The van der Waals surface area contributed by atoms with Crippen molar-refractivity contribution in [2.45, 2.75) is 25.3 Å². The predicted molar refractivity (Wildman–Crippen MR) is 117 cm³/mol. The van der Waals surface area contributed by atoms with Crippen molar-refractivity contribution in [2.75, 3.05) is 13.1 Å². The summed E-state index contributed by atoms with van der Waals surface area (Å²) in [7, 11) is 1.86. The van der Waals surface area contributed by atoms with E-state index >= 15 is 0 Å². The van der Waals surface area contributed by atoms with Crippen LogP contribution in [0.2, 0.25) is 0 Å². The number of piperidine rings is 1. The number of carbonyl (C=O) groups is 1. The molecule has 0 unspecified atom stereocenters. The van der Waals surface area contributed by atoms with Crippen LogP contribution in [0.15, 0.2) is 47.2 Å². The van der Waals surface area contributed by atoms with Crippen molar-refractivity contribution in [1.29, 1.82) is 0 Å². The largest absolute Gasteiger partial charge is 0.346 e.